The van der Waals surface area contributed by atoms with Crippen LogP contribution >= 0.6 is 0 Å². The Bertz CT molecular complexity index is 1320. The highest BCUT2D eigenvalue weighted by molar-refractivity contribution is 5.94. The molecule has 2 aromatic rings. The molecule has 2 amide bonds. The number of anilines is 1. The number of para-hydroxylation sites is 1. The molecule has 3 fully saturated rings. The second kappa shape index (κ2) is 9.78. The Labute approximate surface area is 234 Å². The lowest BCUT2D eigenvalue weighted by atomic mass is 9.47. The summed E-state index contributed by atoms with van der Waals surface area (Å²) in [5, 5.41) is 2.66. The molecule has 0 spiro atoms. The minimum absolute atomic E-state index is 0.0714. The molecule has 0 aromatic heterocycles. The highest BCUT2D eigenvalue weighted by Crippen LogP contribution is 2.65. The SMILES string of the molecule is C[C@]12C=CC(=O)N(Cc3ccccc3)[C@@H]1CC[C@@H]1[C@@H]2CC[C@]2(C)[C@@H](C(=O)Nc3ccccc3C(F)(F)F)CC[C@@H]12. The van der Waals surface area contributed by atoms with E-state index in [2.05, 4.69) is 42.3 Å². The van der Waals surface area contributed by atoms with E-state index >= 15 is 0 Å². The molecular formula is C33H37F3N2O2. The van der Waals surface area contributed by atoms with E-state index in [-0.39, 0.29) is 40.3 Å². The maximum absolute atomic E-state index is 13.6. The Morgan fingerprint density at radius 3 is 2.42 bits per heavy atom. The maximum Gasteiger partial charge on any atom is 0.418 e. The summed E-state index contributed by atoms with van der Waals surface area (Å²) in [7, 11) is 0. The van der Waals surface area contributed by atoms with Crippen LogP contribution in [0.25, 0.3) is 0 Å². The van der Waals surface area contributed by atoms with E-state index in [0.717, 1.165) is 43.7 Å². The summed E-state index contributed by atoms with van der Waals surface area (Å²) in [5.74, 6) is 0.630. The first kappa shape index (κ1) is 27.1. The molecule has 6 rings (SSSR count). The van der Waals surface area contributed by atoms with E-state index in [0.29, 0.717) is 30.7 Å². The summed E-state index contributed by atoms with van der Waals surface area (Å²) in [6, 6.07) is 15.5. The van der Waals surface area contributed by atoms with Crippen LogP contribution in [-0.2, 0) is 22.3 Å². The van der Waals surface area contributed by atoms with Crippen molar-refractivity contribution in [2.24, 2.45) is 34.5 Å². The van der Waals surface area contributed by atoms with Gasteiger partial charge in [0, 0.05) is 23.9 Å². The van der Waals surface area contributed by atoms with E-state index in [9.17, 15) is 22.8 Å². The van der Waals surface area contributed by atoms with Crippen molar-refractivity contribution in [3.63, 3.8) is 0 Å². The number of benzene rings is 2. The monoisotopic (exact) mass is 550 g/mol. The van der Waals surface area contributed by atoms with Crippen LogP contribution in [0.3, 0.4) is 0 Å². The number of rotatable bonds is 4. The molecule has 0 bridgehead atoms. The molecule has 1 heterocycles. The summed E-state index contributed by atoms with van der Waals surface area (Å²) in [6.45, 7) is 5.10. The fourth-order valence-corrected chi connectivity index (χ4v) is 9.06. The highest BCUT2D eigenvalue weighted by atomic mass is 19.4. The Hall–Kier alpha value is -3.09. The normalized spacial score (nSPS) is 35.1. The molecule has 1 aliphatic heterocycles. The van der Waals surface area contributed by atoms with Gasteiger partial charge in [0.25, 0.3) is 0 Å². The van der Waals surface area contributed by atoms with Crippen LogP contribution in [0.15, 0.2) is 66.7 Å². The number of amides is 2. The zero-order valence-corrected chi connectivity index (χ0v) is 23.1. The fraction of sp³-hybridized carbons (Fsp3) is 0.515. The van der Waals surface area contributed by atoms with E-state index in [1.807, 2.05) is 18.2 Å². The fourth-order valence-electron chi connectivity index (χ4n) is 9.06. The quantitative estimate of drug-likeness (QED) is 0.429. The summed E-state index contributed by atoms with van der Waals surface area (Å²) < 4.78 is 40.7. The minimum Gasteiger partial charge on any atom is -0.331 e. The first-order chi connectivity index (χ1) is 19.0. The molecule has 7 heteroatoms. The highest BCUT2D eigenvalue weighted by Gasteiger charge is 2.61. The second-order valence-electron chi connectivity index (χ2n) is 12.8. The topological polar surface area (TPSA) is 49.4 Å². The largest absolute Gasteiger partial charge is 0.418 e. The molecule has 4 aliphatic rings. The van der Waals surface area contributed by atoms with Crippen molar-refractivity contribution >= 4 is 17.5 Å². The lowest BCUT2D eigenvalue weighted by Gasteiger charge is -2.60. The number of nitrogens with zero attached hydrogens (tertiary/aromatic N) is 1. The molecule has 4 nitrogen and oxygen atoms in total. The number of halogens is 3. The number of nitrogens with one attached hydrogen (secondary N) is 1. The molecule has 212 valence electrons. The zero-order chi connectivity index (χ0) is 28.3. The number of fused-ring (bicyclic) bond motifs is 5. The van der Waals surface area contributed by atoms with Crippen LogP contribution in [0.1, 0.15) is 63.5 Å². The van der Waals surface area contributed by atoms with Crippen molar-refractivity contribution in [2.45, 2.75) is 71.1 Å². The van der Waals surface area contributed by atoms with Crippen molar-refractivity contribution < 1.29 is 22.8 Å². The van der Waals surface area contributed by atoms with Crippen LogP contribution in [0, 0.1) is 34.5 Å². The van der Waals surface area contributed by atoms with Gasteiger partial charge in [-0.15, -0.1) is 0 Å². The maximum atomic E-state index is 13.6. The Morgan fingerprint density at radius 1 is 0.950 bits per heavy atom. The van der Waals surface area contributed by atoms with Crippen molar-refractivity contribution in [1.29, 1.82) is 0 Å². The number of hydrogen-bond donors (Lipinski definition) is 1. The van der Waals surface area contributed by atoms with Gasteiger partial charge in [-0.2, -0.15) is 13.2 Å². The van der Waals surface area contributed by atoms with Gasteiger partial charge in [-0.25, -0.2) is 0 Å². The van der Waals surface area contributed by atoms with E-state index in [1.54, 1.807) is 6.08 Å². The Morgan fingerprint density at radius 2 is 1.68 bits per heavy atom. The van der Waals surface area contributed by atoms with Crippen molar-refractivity contribution in [3.8, 4) is 0 Å². The van der Waals surface area contributed by atoms with Crippen molar-refractivity contribution in [2.75, 3.05) is 5.32 Å². The number of carbonyl (C=O) groups excluding carboxylic acids is 2. The lowest BCUT2D eigenvalue weighted by molar-refractivity contribution is -0.144. The summed E-state index contributed by atoms with van der Waals surface area (Å²) in [5.41, 5.74) is -0.233. The zero-order valence-electron chi connectivity index (χ0n) is 23.1. The van der Waals surface area contributed by atoms with Crippen LogP contribution in [-0.4, -0.2) is 22.8 Å². The summed E-state index contributed by atoms with van der Waals surface area (Å²) in [4.78, 5) is 28.6. The molecule has 0 saturated heterocycles. The van der Waals surface area contributed by atoms with Gasteiger partial charge in [-0.3, -0.25) is 9.59 Å². The molecule has 7 atom stereocenters. The van der Waals surface area contributed by atoms with Crippen LogP contribution < -0.4 is 5.32 Å². The molecule has 40 heavy (non-hydrogen) atoms. The minimum atomic E-state index is -4.53. The predicted octanol–water partition coefficient (Wildman–Crippen LogP) is 7.47. The average molecular weight is 551 g/mol. The van der Waals surface area contributed by atoms with Crippen LogP contribution in [0.4, 0.5) is 18.9 Å². The van der Waals surface area contributed by atoms with Crippen LogP contribution in [0.2, 0.25) is 0 Å². The first-order valence-corrected chi connectivity index (χ1v) is 14.5. The van der Waals surface area contributed by atoms with E-state index in [1.165, 1.54) is 18.2 Å². The van der Waals surface area contributed by atoms with Gasteiger partial charge in [0.05, 0.1) is 11.3 Å². The van der Waals surface area contributed by atoms with Gasteiger partial charge in [-0.1, -0.05) is 62.4 Å². The number of alkyl halides is 3. The Kier molecular flexibility index (Phi) is 6.62. The van der Waals surface area contributed by atoms with E-state index < -0.39 is 11.7 Å². The molecule has 0 radical (unpaired) electrons. The van der Waals surface area contributed by atoms with Gasteiger partial charge in [-0.05, 0) is 85.5 Å². The Balaban J connectivity index is 1.22. The van der Waals surface area contributed by atoms with Gasteiger partial charge in [0.2, 0.25) is 11.8 Å². The molecule has 3 saturated carbocycles. The molecular weight excluding hydrogens is 513 g/mol. The van der Waals surface area contributed by atoms with Gasteiger partial charge < -0.3 is 10.2 Å². The van der Waals surface area contributed by atoms with E-state index in [4.69, 9.17) is 0 Å². The van der Waals surface area contributed by atoms with Crippen LogP contribution in [0.5, 0.6) is 0 Å². The van der Waals surface area contributed by atoms with Gasteiger partial charge in [0.1, 0.15) is 0 Å². The third-order valence-corrected chi connectivity index (χ3v) is 11.0. The number of hydrogen-bond acceptors (Lipinski definition) is 2. The molecule has 0 unspecified atom stereocenters. The smallest absolute Gasteiger partial charge is 0.331 e. The molecule has 1 N–H and O–H groups in total. The molecule has 3 aliphatic carbocycles. The van der Waals surface area contributed by atoms with Crippen molar-refractivity contribution in [1.82, 2.24) is 4.90 Å². The average Bonchev–Trinajstić information content (AvgIpc) is 3.28. The first-order valence-electron chi connectivity index (χ1n) is 14.5. The molecule has 2 aromatic carbocycles. The van der Waals surface area contributed by atoms with Gasteiger partial charge in [0.15, 0.2) is 0 Å². The third kappa shape index (κ3) is 4.36. The predicted molar refractivity (Wildman–Crippen MR) is 148 cm³/mol. The third-order valence-electron chi connectivity index (χ3n) is 11.0. The van der Waals surface area contributed by atoms with Crippen molar-refractivity contribution in [3.05, 3.63) is 77.9 Å². The number of carbonyl (C=O) groups is 2. The second-order valence-corrected chi connectivity index (χ2v) is 12.8. The summed E-state index contributed by atoms with van der Waals surface area (Å²) >= 11 is 0. The van der Waals surface area contributed by atoms with Gasteiger partial charge >= 0.3 is 6.18 Å². The summed E-state index contributed by atoms with van der Waals surface area (Å²) in [6.07, 6.45) is 4.73. The lowest BCUT2D eigenvalue weighted by Crippen LogP contribution is -2.60. The standard InChI is InChI=1S/C33H37F3N2O2/c1-31-18-16-24-22(12-15-28-32(24,2)19-17-29(39)38(28)20-21-8-4-3-5-9-21)23(31)13-14-26(31)30(40)37-27-11-7-6-10-25(27)33(34,35)36/h3-11,17,19,22-24,26,28H,12-16,18,20H2,1-2H3,(H,37,40)/t22-,23-,24-,26+,28+,31-,32+/m0/s1.